The molecule has 0 radical (unpaired) electrons. The molecule has 0 aromatic carbocycles. The van der Waals surface area contributed by atoms with Crippen molar-refractivity contribution in [2.24, 2.45) is 17.3 Å². The van der Waals surface area contributed by atoms with Crippen LogP contribution < -0.4 is 0 Å². The minimum atomic E-state index is 0.930. The standard InChI is InChI=1S/C11H18/c1-3-9-4-2-6-11(7-8-11)10(9)5-1/h9-10H,1-8H2. The van der Waals surface area contributed by atoms with Gasteiger partial charge in [0.25, 0.3) is 0 Å². The molecule has 0 aromatic rings. The number of fused-ring (bicyclic) bond motifs is 2. The van der Waals surface area contributed by atoms with Crippen LogP contribution in [0.5, 0.6) is 0 Å². The predicted molar refractivity (Wildman–Crippen MR) is 46.3 cm³/mol. The Hall–Kier alpha value is 0. The second-order valence-electron chi connectivity index (χ2n) is 5.05. The minimum Gasteiger partial charge on any atom is -0.0527 e. The van der Waals surface area contributed by atoms with Gasteiger partial charge in [0, 0.05) is 0 Å². The molecule has 62 valence electrons. The molecule has 0 aliphatic heterocycles. The van der Waals surface area contributed by atoms with Crippen molar-refractivity contribution < 1.29 is 0 Å². The van der Waals surface area contributed by atoms with Gasteiger partial charge in [0.05, 0.1) is 0 Å². The molecule has 11 heavy (non-hydrogen) atoms. The highest BCUT2D eigenvalue weighted by atomic mass is 14.6. The van der Waals surface area contributed by atoms with Crippen LogP contribution in [0.4, 0.5) is 0 Å². The van der Waals surface area contributed by atoms with Gasteiger partial charge in [0.15, 0.2) is 0 Å². The van der Waals surface area contributed by atoms with E-state index in [9.17, 15) is 0 Å². The summed E-state index contributed by atoms with van der Waals surface area (Å²) in [4.78, 5) is 0. The molecule has 3 aliphatic carbocycles. The van der Waals surface area contributed by atoms with Gasteiger partial charge in [-0.25, -0.2) is 0 Å². The number of hydrogen-bond donors (Lipinski definition) is 0. The summed E-state index contributed by atoms with van der Waals surface area (Å²) in [6, 6.07) is 0. The Kier molecular flexibility index (Phi) is 1.20. The molecule has 0 amide bonds. The van der Waals surface area contributed by atoms with Gasteiger partial charge in [-0.3, -0.25) is 0 Å². The van der Waals surface area contributed by atoms with Gasteiger partial charge >= 0.3 is 0 Å². The fraction of sp³-hybridized carbons (Fsp3) is 1.00. The van der Waals surface area contributed by atoms with Crippen molar-refractivity contribution in [1.82, 2.24) is 0 Å². The molecule has 0 saturated heterocycles. The van der Waals surface area contributed by atoms with Gasteiger partial charge < -0.3 is 0 Å². The van der Waals surface area contributed by atoms with Crippen LogP contribution in [0.15, 0.2) is 0 Å². The molecular formula is C11H18. The Labute approximate surface area is 69.4 Å². The largest absolute Gasteiger partial charge is 0.0527 e. The quantitative estimate of drug-likeness (QED) is 0.496. The molecule has 0 heterocycles. The third-order valence-corrected chi connectivity index (χ3v) is 4.59. The normalized spacial score (nSPS) is 45.8. The van der Waals surface area contributed by atoms with E-state index in [0.29, 0.717) is 0 Å². The molecule has 0 N–H and O–H groups in total. The van der Waals surface area contributed by atoms with Crippen LogP contribution in [0, 0.1) is 17.3 Å². The summed E-state index contributed by atoms with van der Waals surface area (Å²) in [5, 5.41) is 0. The van der Waals surface area contributed by atoms with Crippen molar-refractivity contribution >= 4 is 0 Å². The van der Waals surface area contributed by atoms with Gasteiger partial charge in [0.2, 0.25) is 0 Å². The lowest BCUT2D eigenvalue weighted by Crippen LogP contribution is -2.25. The molecule has 0 aromatic heterocycles. The van der Waals surface area contributed by atoms with Crippen molar-refractivity contribution in [3.63, 3.8) is 0 Å². The Morgan fingerprint density at radius 2 is 1.64 bits per heavy atom. The average molecular weight is 150 g/mol. The maximum Gasteiger partial charge on any atom is -0.0266 e. The first-order valence-electron chi connectivity index (χ1n) is 5.41. The first-order valence-corrected chi connectivity index (χ1v) is 5.41. The van der Waals surface area contributed by atoms with Crippen molar-refractivity contribution in [2.75, 3.05) is 0 Å². The van der Waals surface area contributed by atoms with Gasteiger partial charge in [-0.2, -0.15) is 0 Å². The smallest absolute Gasteiger partial charge is 0.0266 e. The molecule has 3 rings (SSSR count). The third kappa shape index (κ3) is 0.816. The van der Waals surface area contributed by atoms with Crippen molar-refractivity contribution in [1.29, 1.82) is 0 Å². The van der Waals surface area contributed by atoms with Gasteiger partial charge in [0.1, 0.15) is 0 Å². The first-order chi connectivity index (χ1) is 5.41. The van der Waals surface area contributed by atoms with E-state index in [1.807, 2.05) is 0 Å². The molecule has 2 atom stereocenters. The summed E-state index contributed by atoms with van der Waals surface area (Å²) in [6.07, 6.45) is 12.6. The van der Waals surface area contributed by atoms with Crippen LogP contribution in [-0.2, 0) is 0 Å². The minimum absolute atomic E-state index is 0.930. The number of rotatable bonds is 0. The maximum absolute atomic E-state index is 1.59. The van der Waals surface area contributed by atoms with Gasteiger partial charge in [-0.05, 0) is 42.9 Å². The molecule has 1 spiro atoms. The average Bonchev–Trinajstić information content (AvgIpc) is 2.63. The predicted octanol–water partition coefficient (Wildman–Crippen LogP) is 3.37. The van der Waals surface area contributed by atoms with Crippen molar-refractivity contribution in [3.05, 3.63) is 0 Å². The second kappa shape index (κ2) is 2.02. The van der Waals surface area contributed by atoms with E-state index in [1.165, 1.54) is 11.8 Å². The lowest BCUT2D eigenvalue weighted by atomic mass is 9.71. The van der Waals surface area contributed by atoms with E-state index in [2.05, 4.69) is 0 Å². The summed E-state index contributed by atoms with van der Waals surface area (Å²) in [7, 11) is 0. The van der Waals surface area contributed by atoms with E-state index in [4.69, 9.17) is 0 Å². The molecule has 0 nitrogen and oxygen atoms in total. The Balaban J connectivity index is 1.85. The highest BCUT2D eigenvalue weighted by molar-refractivity contribution is 5.04. The van der Waals surface area contributed by atoms with E-state index in [1.54, 1.807) is 51.4 Å². The highest BCUT2D eigenvalue weighted by Gasteiger charge is 2.54. The van der Waals surface area contributed by atoms with E-state index < -0.39 is 0 Å². The SMILES string of the molecule is C1CC2CCCC3(CC3)C2C1. The number of hydrogen-bond acceptors (Lipinski definition) is 0. The van der Waals surface area contributed by atoms with E-state index in [0.717, 1.165) is 5.41 Å². The maximum atomic E-state index is 1.59. The second-order valence-corrected chi connectivity index (χ2v) is 5.05. The fourth-order valence-electron chi connectivity index (χ4n) is 3.87. The van der Waals surface area contributed by atoms with Crippen molar-refractivity contribution in [2.45, 2.75) is 51.4 Å². The third-order valence-electron chi connectivity index (χ3n) is 4.59. The van der Waals surface area contributed by atoms with Gasteiger partial charge in [-0.15, -0.1) is 0 Å². The zero-order valence-corrected chi connectivity index (χ0v) is 7.31. The lowest BCUT2D eigenvalue weighted by molar-refractivity contribution is 0.161. The monoisotopic (exact) mass is 150 g/mol. The molecule has 0 bridgehead atoms. The summed E-state index contributed by atoms with van der Waals surface area (Å²) >= 11 is 0. The molecule has 3 saturated carbocycles. The van der Waals surface area contributed by atoms with Gasteiger partial charge in [-0.1, -0.05) is 25.7 Å². The molecule has 3 fully saturated rings. The molecule has 0 heteroatoms. The zero-order chi connectivity index (χ0) is 7.31. The Bertz CT molecular complexity index is 167. The van der Waals surface area contributed by atoms with Crippen LogP contribution >= 0.6 is 0 Å². The first kappa shape index (κ1) is 6.51. The topological polar surface area (TPSA) is 0 Å². The molecular weight excluding hydrogens is 132 g/mol. The summed E-state index contributed by atoms with van der Waals surface area (Å²) in [5.74, 6) is 2.36. The molecule has 2 unspecified atom stereocenters. The van der Waals surface area contributed by atoms with Crippen molar-refractivity contribution in [3.8, 4) is 0 Å². The Morgan fingerprint density at radius 1 is 0.818 bits per heavy atom. The van der Waals surface area contributed by atoms with Crippen LogP contribution in [-0.4, -0.2) is 0 Å². The van der Waals surface area contributed by atoms with Crippen LogP contribution in [0.3, 0.4) is 0 Å². The van der Waals surface area contributed by atoms with Crippen LogP contribution in [0.1, 0.15) is 51.4 Å². The van der Waals surface area contributed by atoms with E-state index >= 15 is 0 Å². The summed E-state index contributed by atoms with van der Waals surface area (Å²) < 4.78 is 0. The lowest BCUT2D eigenvalue weighted by Gasteiger charge is -2.34. The van der Waals surface area contributed by atoms with Crippen LogP contribution in [0.2, 0.25) is 0 Å². The highest BCUT2D eigenvalue weighted by Crippen LogP contribution is 2.64. The summed E-state index contributed by atoms with van der Waals surface area (Å²) in [5.41, 5.74) is 0.930. The summed E-state index contributed by atoms with van der Waals surface area (Å²) in [6.45, 7) is 0. The van der Waals surface area contributed by atoms with E-state index in [-0.39, 0.29) is 0 Å². The Morgan fingerprint density at radius 3 is 2.45 bits per heavy atom. The fourth-order valence-corrected chi connectivity index (χ4v) is 3.87. The zero-order valence-electron chi connectivity index (χ0n) is 7.31. The molecule has 3 aliphatic rings. The van der Waals surface area contributed by atoms with Crippen LogP contribution in [0.25, 0.3) is 0 Å².